The van der Waals surface area contributed by atoms with Crippen LogP contribution in [0.2, 0.25) is 0 Å². The average Bonchev–Trinajstić information content (AvgIpc) is 2.52. The van der Waals surface area contributed by atoms with Gasteiger partial charge in [0.15, 0.2) is 0 Å². The lowest BCUT2D eigenvalue weighted by Crippen LogP contribution is -2.51. The Kier molecular flexibility index (Phi) is 5.82. The summed E-state index contributed by atoms with van der Waals surface area (Å²) in [6.07, 6.45) is -4.31. The summed E-state index contributed by atoms with van der Waals surface area (Å²) in [6.45, 7) is -0.616. The van der Waals surface area contributed by atoms with Crippen molar-refractivity contribution in [1.82, 2.24) is 0 Å². The molecule has 5 N–H and O–H groups in total. The minimum absolute atomic E-state index is 0.0302. The lowest BCUT2D eigenvalue weighted by molar-refractivity contribution is -0.385. The van der Waals surface area contributed by atoms with Crippen LogP contribution in [0.3, 0.4) is 0 Å². The minimum atomic E-state index is -1.22. The van der Waals surface area contributed by atoms with Gasteiger partial charge in [-0.05, 0) is 6.07 Å². The van der Waals surface area contributed by atoms with Gasteiger partial charge in [-0.15, -0.1) is 0 Å². The molecule has 23 heavy (non-hydrogen) atoms. The summed E-state index contributed by atoms with van der Waals surface area (Å²) in [5.74, 6) is 5.24. The number of nitrogens with zero attached hydrogens (tertiary/aromatic N) is 1. The van der Waals surface area contributed by atoms with Crippen molar-refractivity contribution in [2.45, 2.75) is 37.6 Å². The van der Waals surface area contributed by atoms with E-state index in [-0.39, 0.29) is 24.5 Å². The molecule has 2 rings (SSSR count). The molecule has 10 heteroatoms. The maximum absolute atomic E-state index is 10.8. The number of nitro groups is 1. The molecule has 0 aliphatic carbocycles. The molecule has 1 heterocycles. The van der Waals surface area contributed by atoms with Gasteiger partial charge >= 0.3 is 0 Å². The van der Waals surface area contributed by atoms with Gasteiger partial charge in [0.05, 0.1) is 24.2 Å². The zero-order chi connectivity index (χ0) is 17.0. The van der Waals surface area contributed by atoms with Crippen LogP contribution in [0.25, 0.3) is 0 Å². The third kappa shape index (κ3) is 4.13. The molecule has 0 spiro atoms. The molecule has 10 nitrogen and oxygen atoms in total. The standard InChI is InChI=1S/C13H18N2O8/c14-21-6-7-3-8(15(19)20)1-2-10(7)22-12-4-9(17)13(18)11(5-16)23-12/h1-3,9,11-13,16-18H,4-6,14H2/t9-,11?,12-,13+/m1/s1. The van der Waals surface area contributed by atoms with Crippen LogP contribution in [0.15, 0.2) is 18.2 Å². The summed E-state index contributed by atoms with van der Waals surface area (Å²) >= 11 is 0. The van der Waals surface area contributed by atoms with Crippen LogP contribution < -0.4 is 10.6 Å². The van der Waals surface area contributed by atoms with Crippen molar-refractivity contribution >= 4 is 5.69 Å². The van der Waals surface area contributed by atoms with E-state index in [1.807, 2.05) is 0 Å². The summed E-state index contributed by atoms with van der Waals surface area (Å²) in [7, 11) is 0. The van der Waals surface area contributed by atoms with Crippen LogP contribution >= 0.6 is 0 Å². The minimum Gasteiger partial charge on any atom is -0.464 e. The van der Waals surface area contributed by atoms with Crippen molar-refractivity contribution in [3.05, 3.63) is 33.9 Å². The molecule has 1 aromatic carbocycles. The molecule has 0 saturated carbocycles. The molecule has 1 fully saturated rings. The SMILES string of the molecule is NOCc1cc([N+](=O)[O-])ccc1O[C@H]1C[C@@H](O)[C@H](O)C(CO)O1. The number of aliphatic hydroxyl groups excluding tert-OH is 3. The number of hydrogen-bond donors (Lipinski definition) is 4. The number of rotatable bonds is 6. The van der Waals surface area contributed by atoms with Crippen LogP contribution in [-0.4, -0.2) is 51.5 Å². The maximum atomic E-state index is 10.8. The van der Waals surface area contributed by atoms with Crippen molar-refractivity contribution in [2.24, 2.45) is 5.90 Å². The summed E-state index contributed by atoms with van der Waals surface area (Å²) in [4.78, 5) is 14.7. The Hall–Kier alpha value is -1.82. The summed E-state index contributed by atoms with van der Waals surface area (Å²) in [5.41, 5.74) is 0.170. The zero-order valence-electron chi connectivity index (χ0n) is 12.1. The molecule has 1 unspecified atom stereocenters. The molecule has 0 aromatic heterocycles. The second kappa shape index (κ2) is 7.64. The molecule has 1 aliphatic rings. The molecular formula is C13H18N2O8. The van der Waals surface area contributed by atoms with E-state index >= 15 is 0 Å². The number of non-ortho nitro benzene ring substituents is 1. The highest BCUT2D eigenvalue weighted by atomic mass is 16.7. The Bertz CT molecular complexity index is 555. The third-order valence-corrected chi connectivity index (χ3v) is 3.47. The number of benzene rings is 1. The molecule has 1 aromatic rings. The first kappa shape index (κ1) is 17.5. The van der Waals surface area contributed by atoms with E-state index in [0.29, 0.717) is 5.56 Å². The number of nitro benzene ring substituents is 1. The fourth-order valence-corrected chi connectivity index (χ4v) is 2.28. The van der Waals surface area contributed by atoms with E-state index in [4.69, 9.17) is 20.5 Å². The molecule has 0 amide bonds. The molecule has 1 aliphatic heterocycles. The first-order valence-electron chi connectivity index (χ1n) is 6.84. The molecule has 128 valence electrons. The predicted octanol–water partition coefficient (Wildman–Crippen LogP) is -0.807. The van der Waals surface area contributed by atoms with Crippen molar-refractivity contribution in [2.75, 3.05) is 6.61 Å². The molecule has 1 saturated heterocycles. The summed E-state index contributed by atoms with van der Waals surface area (Å²) in [6, 6.07) is 3.86. The Balaban J connectivity index is 2.17. The predicted molar refractivity (Wildman–Crippen MR) is 75.1 cm³/mol. The fourth-order valence-electron chi connectivity index (χ4n) is 2.28. The second-order valence-electron chi connectivity index (χ2n) is 5.06. The third-order valence-electron chi connectivity index (χ3n) is 3.47. The number of nitrogens with two attached hydrogens (primary N) is 1. The molecule has 0 bridgehead atoms. The van der Waals surface area contributed by atoms with Crippen molar-refractivity contribution in [3.63, 3.8) is 0 Å². The molecule has 4 atom stereocenters. The molecular weight excluding hydrogens is 312 g/mol. The Morgan fingerprint density at radius 1 is 1.43 bits per heavy atom. The van der Waals surface area contributed by atoms with Gasteiger partial charge in [0.2, 0.25) is 6.29 Å². The van der Waals surface area contributed by atoms with Crippen molar-refractivity contribution in [1.29, 1.82) is 0 Å². The van der Waals surface area contributed by atoms with Crippen LogP contribution in [-0.2, 0) is 16.2 Å². The fraction of sp³-hybridized carbons (Fsp3) is 0.538. The van der Waals surface area contributed by atoms with E-state index in [1.54, 1.807) is 0 Å². The van der Waals surface area contributed by atoms with Crippen LogP contribution in [0.4, 0.5) is 5.69 Å². The van der Waals surface area contributed by atoms with Gasteiger partial charge in [0, 0.05) is 24.1 Å². The van der Waals surface area contributed by atoms with Gasteiger partial charge in [0.25, 0.3) is 5.69 Å². The summed E-state index contributed by atoms with van der Waals surface area (Å²) in [5, 5.41) is 39.4. The van der Waals surface area contributed by atoms with Gasteiger partial charge in [-0.1, -0.05) is 0 Å². The zero-order valence-corrected chi connectivity index (χ0v) is 12.1. The van der Waals surface area contributed by atoms with E-state index in [1.165, 1.54) is 18.2 Å². The Labute approximate surface area is 131 Å². The Morgan fingerprint density at radius 2 is 2.17 bits per heavy atom. The maximum Gasteiger partial charge on any atom is 0.270 e. The second-order valence-corrected chi connectivity index (χ2v) is 5.06. The molecule has 0 radical (unpaired) electrons. The number of hydrogen-bond acceptors (Lipinski definition) is 9. The topological polar surface area (TPSA) is 158 Å². The van der Waals surface area contributed by atoms with Gasteiger partial charge in [0.1, 0.15) is 18.0 Å². The van der Waals surface area contributed by atoms with E-state index in [0.717, 1.165) is 0 Å². The van der Waals surface area contributed by atoms with E-state index in [9.17, 15) is 20.3 Å². The van der Waals surface area contributed by atoms with Crippen LogP contribution in [0, 0.1) is 10.1 Å². The van der Waals surface area contributed by atoms with Gasteiger partial charge in [-0.3, -0.25) is 15.0 Å². The number of aliphatic hydroxyl groups is 3. The number of ether oxygens (including phenoxy) is 2. The van der Waals surface area contributed by atoms with Gasteiger partial charge in [-0.2, -0.15) is 0 Å². The van der Waals surface area contributed by atoms with Gasteiger partial charge < -0.3 is 24.8 Å². The lowest BCUT2D eigenvalue weighted by atomic mass is 10.0. The summed E-state index contributed by atoms with van der Waals surface area (Å²) < 4.78 is 10.9. The Morgan fingerprint density at radius 3 is 2.78 bits per heavy atom. The van der Waals surface area contributed by atoms with E-state index in [2.05, 4.69) is 4.84 Å². The first-order valence-corrected chi connectivity index (χ1v) is 6.84. The average molecular weight is 330 g/mol. The highest BCUT2D eigenvalue weighted by Gasteiger charge is 2.37. The lowest BCUT2D eigenvalue weighted by Gasteiger charge is -2.36. The monoisotopic (exact) mass is 330 g/mol. The first-order chi connectivity index (χ1) is 11.0. The normalized spacial score (nSPS) is 27.7. The van der Waals surface area contributed by atoms with Crippen molar-refractivity contribution < 1.29 is 34.6 Å². The van der Waals surface area contributed by atoms with Crippen LogP contribution in [0.5, 0.6) is 5.75 Å². The van der Waals surface area contributed by atoms with Gasteiger partial charge in [-0.25, -0.2) is 5.90 Å². The highest BCUT2D eigenvalue weighted by Crippen LogP contribution is 2.29. The van der Waals surface area contributed by atoms with Crippen molar-refractivity contribution in [3.8, 4) is 5.75 Å². The van der Waals surface area contributed by atoms with Crippen LogP contribution in [0.1, 0.15) is 12.0 Å². The highest BCUT2D eigenvalue weighted by molar-refractivity contribution is 5.43. The largest absolute Gasteiger partial charge is 0.464 e. The quantitative estimate of drug-likeness (QED) is 0.387. The smallest absolute Gasteiger partial charge is 0.270 e. The van der Waals surface area contributed by atoms with E-state index < -0.39 is 36.1 Å².